The Labute approximate surface area is 128 Å². The van der Waals surface area contributed by atoms with Gasteiger partial charge in [0.2, 0.25) is 5.91 Å². The van der Waals surface area contributed by atoms with E-state index < -0.39 is 0 Å². The second-order valence-electron chi connectivity index (χ2n) is 8.00. The maximum atomic E-state index is 12.5. The highest BCUT2D eigenvalue weighted by molar-refractivity contribution is 5.86. The van der Waals surface area contributed by atoms with Crippen LogP contribution >= 0.6 is 0 Å². The maximum absolute atomic E-state index is 12.5. The average Bonchev–Trinajstić information content (AvgIpc) is 2.34. The summed E-state index contributed by atoms with van der Waals surface area (Å²) in [5, 5.41) is 6.58. The summed E-state index contributed by atoms with van der Waals surface area (Å²) in [5.41, 5.74) is 2.41. The van der Waals surface area contributed by atoms with E-state index in [-0.39, 0.29) is 22.9 Å². The van der Waals surface area contributed by atoms with Crippen molar-refractivity contribution in [3.8, 4) is 0 Å². The molecule has 1 heterocycles. The monoisotopic (exact) mass is 288 g/mol. The molecule has 0 aromatic heterocycles. The molecule has 1 aromatic carbocycles. The van der Waals surface area contributed by atoms with Gasteiger partial charge in [-0.25, -0.2) is 0 Å². The van der Waals surface area contributed by atoms with Crippen molar-refractivity contribution in [1.29, 1.82) is 0 Å². The third-order valence-electron chi connectivity index (χ3n) is 3.80. The van der Waals surface area contributed by atoms with Crippen LogP contribution in [0.4, 0.5) is 5.69 Å². The van der Waals surface area contributed by atoms with Crippen molar-refractivity contribution in [2.45, 2.75) is 65.5 Å². The van der Waals surface area contributed by atoms with Crippen LogP contribution in [0.15, 0.2) is 24.3 Å². The second kappa shape index (κ2) is 5.70. The zero-order valence-corrected chi connectivity index (χ0v) is 13.9. The summed E-state index contributed by atoms with van der Waals surface area (Å²) >= 11 is 0. The van der Waals surface area contributed by atoms with Gasteiger partial charge in [-0.3, -0.25) is 4.79 Å². The Balaban J connectivity index is 1.99. The number of carbonyl (C=O) groups excluding carboxylic acids is 1. The average molecular weight is 288 g/mol. The summed E-state index contributed by atoms with van der Waals surface area (Å²) in [6.07, 6.45) is 2.77. The quantitative estimate of drug-likeness (QED) is 0.889. The molecule has 3 nitrogen and oxygen atoms in total. The predicted molar refractivity (Wildman–Crippen MR) is 88.5 cm³/mol. The zero-order chi connectivity index (χ0) is 15.7. The van der Waals surface area contributed by atoms with E-state index in [0.29, 0.717) is 0 Å². The lowest BCUT2D eigenvalue weighted by Crippen LogP contribution is -2.52. The summed E-state index contributed by atoms with van der Waals surface area (Å²) in [5.74, 6) is 0.110. The molecule has 1 unspecified atom stereocenters. The topological polar surface area (TPSA) is 41.1 Å². The molecule has 21 heavy (non-hydrogen) atoms. The number of nitrogens with one attached hydrogen (secondary N) is 2. The van der Waals surface area contributed by atoms with Crippen LogP contribution in [0.1, 0.15) is 53.0 Å². The van der Waals surface area contributed by atoms with Crippen molar-refractivity contribution in [3.63, 3.8) is 0 Å². The van der Waals surface area contributed by atoms with E-state index in [4.69, 9.17) is 0 Å². The van der Waals surface area contributed by atoms with Gasteiger partial charge >= 0.3 is 0 Å². The van der Waals surface area contributed by atoms with Gasteiger partial charge in [0.15, 0.2) is 0 Å². The molecule has 1 atom stereocenters. The normalized spacial score (nSPS) is 18.6. The van der Waals surface area contributed by atoms with Gasteiger partial charge in [-0.1, -0.05) is 39.0 Å². The highest BCUT2D eigenvalue weighted by Crippen LogP contribution is 2.28. The Morgan fingerprint density at radius 3 is 2.57 bits per heavy atom. The predicted octanol–water partition coefficient (Wildman–Crippen LogP) is 3.74. The van der Waals surface area contributed by atoms with Crippen LogP contribution in [-0.4, -0.2) is 17.5 Å². The van der Waals surface area contributed by atoms with Crippen LogP contribution in [0.25, 0.3) is 0 Å². The lowest BCUT2D eigenvalue weighted by Gasteiger charge is -2.35. The van der Waals surface area contributed by atoms with Crippen LogP contribution in [0.3, 0.4) is 0 Å². The molecule has 0 radical (unpaired) electrons. The number of para-hydroxylation sites is 1. The summed E-state index contributed by atoms with van der Waals surface area (Å²) in [6.45, 7) is 10.8. The van der Waals surface area contributed by atoms with Gasteiger partial charge in [-0.2, -0.15) is 0 Å². The summed E-state index contributed by atoms with van der Waals surface area (Å²) < 4.78 is 0. The van der Waals surface area contributed by atoms with Gasteiger partial charge in [-0.15, -0.1) is 0 Å². The van der Waals surface area contributed by atoms with Crippen LogP contribution in [0, 0.1) is 5.41 Å². The molecule has 3 heteroatoms. The van der Waals surface area contributed by atoms with E-state index in [9.17, 15) is 4.79 Å². The third kappa shape index (κ3) is 4.48. The van der Waals surface area contributed by atoms with Crippen LogP contribution in [0.2, 0.25) is 0 Å². The second-order valence-corrected chi connectivity index (χ2v) is 8.00. The van der Waals surface area contributed by atoms with E-state index in [1.165, 1.54) is 5.56 Å². The largest absolute Gasteiger partial charge is 0.373 e. The maximum Gasteiger partial charge on any atom is 0.242 e. The molecular formula is C18H28N2O. The van der Waals surface area contributed by atoms with Crippen molar-refractivity contribution in [2.75, 3.05) is 5.32 Å². The van der Waals surface area contributed by atoms with Crippen molar-refractivity contribution in [1.82, 2.24) is 5.32 Å². The Hall–Kier alpha value is -1.51. The molecule has 0 aliphatic carbocycles. The molecule has 1 aliphatic heterocycles. The fourth-order valence-electron chi connectivity index (χ4n) is 3.43. The molecule has 0 saturated carbocycles. The molecule has 1 aliphatic rings. The molecule has 0 fully saturated rings. The van der Waals surface area contributed by atoms with E-state index in [2.05, 4.69) is 57.4 Å². The lowest BCUT2D eigenvalue weighted by atomic mass is 9.81. The highest BCUT2D eigenvalue weighted by Gasteiger charge is 2.31. The molecule has 2 rings (SSSR count). The molecule has 0 saturated heterocycles. The van der Waals surface area contributed by atoms with Gasteiger partial charge in [0.1, 0.15) is 6.04 Å². The van der Waals surface area contributed by atoms with Gasteiger partial charge in [0.25, 0.3) is 0 Å². The van der Waals surface area contributed by atoms with Gasteiger partial charge in [-0.05, 0) is 50.2 Å². The number of aryl methyl sites for hydroxylation is 1. The standard InChI is InChI=1S/C18H28N2O/c1-17(2,3)12-18(4,5)20-16(21)15-11-10-13-8-6-7-9-14(13)19-15/h6-9,15,19H,10-12H2,1-5H3,(H,20,21). The Morgan fingerprint density at radius 1 is 1.24 bits per heavy atom. The van der Waals surface area contributed by atoms with E-state index in [0.717, 1.165) is 24.9 Å². The van der Waals surface area contributed by atoms with Gasteiger partial charge in [0, 0.05) is 11.2 Å². The number of anilines is 1. The number of fused-ring (bicyclic) bond motifs is 1. The van der Waals surface area contributed by atoms with Crippen LogP contribution in [-0.2, 0) is 11.2 Å². The molecule has 1 aromatic rings. The van der Waals surface area contributed by atoms with Gasteiger partial charge in [0.05, 0.1) is 0 Å². The minimum Gasteiger partial charge on any atom is -0.373 e. The van der Waals surface area contributed by atoms with Crippen LogP contribution in [0.5, 0.6) is 0 Å². The van der Waals surface area contributed by atoms with E-state index in [1.807, 2.05) is 12.1 Å². The Kier molecular flexibility index (Phi) is 4.31. The minimum atomic E-state index is -0.187. The zero-order valence-electron chi connectivity index (χ0n) is 13.9. The number of benzene rings is 1. The number of hydrogen-bond donors (Lipinski definition) is 2. The highest BCUT2D eigenvalue weighted by atomic mass is 16.2. The first kappa shape index (κ1) is 15.9. The van der Waals surface area contributed by atoms with Crippen molar-refractivity contribution < 1.29 is 4.79 Å². The first-order valence-corrected chi connectivity index (χ1v) is 7.83. The number of carbonyl (C=O) groups is 1. The van der Waals surface area contributed by atoms with Crippen molar-refractivity contribution in [2.24, 2.45) is 5.41 Å². The van der Waals surface area contributed by atoms with E-state index in [1.54, 1.807) is 0 Å². The fourth-order valence-corrected chi connectivity index (χ4v) is 3.43. The number of amides is 1. The smallest absolute Gasteiger partial charge is 0.242 e. The molecule has 2 N–H and O–H groups in total. The van der Waals surface area contributed by atoms with Crippen molar-refractivity contribution >= 4 is 11.6 Å². The molecule has 0 spiro atoms. The number of hydrogen-bond acceptors (Lipinski definition) is 2. The minimum absolute atomic E-state index is 0.110. The van der Waals surface area contributed by atoms with Gasteiger partial charge < -0.3 is 10.6 Å². The van der Waals surface area contributed by atoms with E-state index >= 15 is 0 Å². The summed E-state index contributed by atoms with van der Waals surface area (Å²) in [7, 11) is 0. The first-order chi connectivity index (χ1) is 9.66. The Morgan fingerprint density at radius 2 is 1.90 bits per heavy atom. The SMILES string of the molecule is CC(C)(C)CC(C)(C)NC(=O)C1CCc2ccccc2N1. The first-order valence-electron chi connectivity index (χ1n) is 7.83. The summed E-state index contributed by atoms with van der Waals surface area (Å²) in [6, 6.07) is 8.11. The Bertz CT molecular complexity index is 514. The lowest BCUT2D eigenvalue weighted by molar-refractivity contribution is -0.123. The van der Waals surface area contributed by atoms with Crippen molar-refractivity contribution in [3.05, 3.63) is 29.8 Å². The van der Waals surface area contributed by atoms with Crippen LogP contribution < -0.4 is 10.6 Å². The fraction of sp³-hybridized carbons (Fsp3) is 0.611. The molecule has 0 bridgehead atoms. The summed E-state index contributed by atoms with van der Waals surface area (Å²) in [4.78, 5) is 12.5. The number of rotatable bonds is 3. The molecule has 116 valence electrons. The molecular weight excluding hydrogens is 260 g/mol. The third-order valence-corrected chi connectivity index (χ3v) is 3.80. The molecule has 1 amide bonds.